The van der Waals surface area contributed by atoms with Gasteiger partial charge in [0.1, 0.15) is 10.2 Å². The van der Waals surface area contributed by atoms with E-state index in [1.54, 1.807) is 28.1 Å². The van der Waals surface area contributed by atoms with E-state index in [1.165, 1.54) is 0 Å². The van der Waals surface area contributed by atoms with Crippen LogP contribution in [0.1, 0.15) is 31.1 Å². The summed E-state index contributed by atoms with van der Waals surface area (Å²) in [6, 6.07) is 3.46. The molecule has 6 nitrogen and oxygen atoms in total. The molecule has 120 valence electrons. The number of nitrogens with zero attached hydrogens (tertiary/aromatic N) is 2. The second-order valence-electron chi connectivity index (χ2n) is 6.17. The van der Waals surface area contributed by atoms with Gasteiger partial charge < -0.3 is 19.5 Å². The Morgan fingerprint density at radius 3 is 2.32 bits per heavy atom. The number of carbonyl (C=O) groups excluding carboxylic acids is 2. The van der Waals surface area contributed by atoms with Gasteiger partial charge in [-0.2, -0.15) is 0 Å². The molecular formula is C15H21N3O3S. The normalized spacial score (nSPS) is 15.6. The summed E-state index contributed by atoms with van der Waals surface area (Å²) in [5.41, 5.74) is -0.0237. The Hall–Kier alpha value is -1.89. The van der Waals surface area contributed by atoms with Crippen molar-refractivity contribution in [2.45, 2.75) is 26.4 Å². The lowest BCUT2D eigenvalue weighted by Crippen LogP contribution is -2.51. The van der Waals surface area contributed by atoms with Gasteiger partial charge in [-0.25, -0.2) is 4.79 Å². The number of H-pyrrole nitrogens is 1. The van der Waals surface area contributed by atoms with Crippen LogP contribution in [-0.4, -0.2) is 58.6 Å². The van der Waals surface area contributed by atoms with Crippen LogP contribution in [0.5, 0.6) is 0 Å². The van der Waals surface area contributed by atoms with Crippen molar-refractivity contribution in [3.8, 4) is 0 Å². The predicted octanol–water partition coefficient (Wildman–Crippen LogP) is 2.44. The molecule has 0 radical (unpaired) electrons. The fourth-order valence-corrected chi connectivity index (χ4v) is 2.40. The number of pyridine rings is 1. The zero-order valence-electron chi connectivity index (χ0n) is 13.1. The van der Waals surface area contributed by atoms with E-state index in [0.717, 1.165) is 0 Å². The molecule has 7 heteroatoms. The van der Waals surface area contributed by atoms with Crippen molar-refractivity contribution in [2.24, 2.45) is 0 Å². The Morgan fingerprint density at radius 2 is 1.77 bits per heavy atom. The van der Waals surface area contributed by atoms with Gasteiger partial charge in [-0.15, -0.1) is 0 Å². The molecule has 0 aromatic carbocycles. The number of aromatic nitrogens is 1. The van der Waals surface area contributed by atoms with E-state index in [1.807, 2.05) is 20.8 Å². The smallest absolute Gasteiger partial charge is 0.410 e. The minimum Gasteiger partial charge on any atom is -0.444 e. The van der Waals surface area contributed by atoms with Crippen LogP contribution in [0.3, 0.4) is 0 Å². The maximum absolute atomic E-state index is 12.4. The van der Waals surface area contributed by atoms with E-state index in [2.05, 4.69) is 4.98 Å². The summed E-state index contributed by atoms with van der Waals surface area (Å²) in [7, 11) is 0. The zero-order valence-corrected chi connectivity index (χ0v) is 13.9. The van der Waals surface area contributed by atoms with Crippen molar-refractivity contribution in [1.82, 2.24) is 14.8 Å². The maximum Gasteiger partial charge on any atom is 0.410 e. The fourth-order valence-electron chi connectivity index (χ4n) is 2.18. The second kappa shape index (κ2) is 6.48. The first kappa shape index (κ1) is 16.5. The molecule has 0 saturated carbocycles. The summed E-state index contributed by atoms with van der Waals surface area (Å²) in [4.78, 5) is 30.6. The highest BCUT2D eigenvalue weighted by Crippen LogP contribution is 2.13. The number of carbonyl (C=O) groups is 2. The number of hydrogen-bond acceptors (Lipinski definition) is 4. The van der Waals surface area contributed by atoms with Crippen LogP contribution in [0.15, 0.2) is 18.3 Å². The van der Waals surface area contributed by atoms with Crippen molar-refractivity contribution < 1.29 is 14.3 Å². The average molecular weight is 323 g/mol. The topological polar surface area (TPSA) is 65.6 Å². The molecule has 0 aliphatic carbocycles. The van der Waals surface area contributed by atoms with Crippen LogP contribution in [0.2, 0.25) is 0 Å². The third-order valence-electron chi connectivity index (χ3n) is 3.27. The van der Waals surface area contributed by atoms with Gasteiger partial charge in [-0.05, 0) is 32.9 Å². The number of piperazine rings is 1. The number of ether oxygens (including phenoxy) is 1. The van der Waals surface area contributed by atoms with Gasteiger partial charge in [-0.3, -0.25) is 4.79 Å². The number of aromatic amines is 1. The monoisotopic (exact) mass is 323 g/mol. The first-order valence-electron chi connectivity index (χ1n) is 7.23. The standard InChI is InChI=1S/C15H21N3O3S/c1-15(2,3)21-14(20)18-9-7-17(8-10-18)13(19)11-5-4-6-16-12(11)22/h4-6H,7-10H2,1-3H3,(H,16,22). The first-order chi connectivity index (χ1) is 10.3. The summed E-state index contributed by atoms with van der Waals surface area (Å²) >= 11 is 5.13. The lowest BCUT2D eigenvalue weighted by atomic mass is 10.2. The second-order valence-corrected chi connectivity index (χ2v) is 6.58. The number of rotatable bonds is 1. The van der Waals surface area contributed by atoms with Crippen LogP contribution in [-0.2, 0) is 4.74 Å². The highest BCUT2D eigenvalue weighted by Gasteiger charge is 2.28. The molecule has 2 rings (SSSR count). The molecule has 1 aromatic rings. The molecule has 1 aromatic heterocycles. The molecule has 1 fully saturated rings. The SMILES string of the molecule is CC(C)(C)OC(=O)N1CCN(C(=O)c2ccc[nH]c2=S)CC1. The van der Waals surface area contributed by atoms with Crippen molar-refractivity contribution in [3.63, 3.8) is 0 Å². The van der Waals surface area contributed by atoms with Gasteiger partial charge in [0, 0.05) is 32.4 Å². The van der Waals surface area contributed by atoms with Crippen LogP contribution >= 0.6 is 12.2 Å². The van der Waals surface area contributed by atoms with E-state index in [9.17, 15) is 9.59 Å². The molecule has 1 aliphatic heterocycles. The Morgan fingerprint density at radius 1 is 1.18 bits per heavy atom. The molecule has 1 N–H and O–H groups in total. The fraction of sp³-hybridized carbons (Fsp3) is 0.533. The molecule has 0 atom stereocenters. The number of amides is 2. The van der Waals surface area contributed by atoms with Gasteiger partial charge >= 0.3 is 6.09 Å². The molecule has 2 heterocycles. The Balaban J connectivity index is 1.95. The van der Waals surface area contributed by atoms with Crippen LogP contribution < -0.4 is 0 Å². The van der Waals surface area contributed by atoms with Crippen molar-refractivity contribution in [2.75, 3.05) is 26.2 Å². The van der Waals surface area contributed by atoms with Gasteiger partial charge in [0.15, 0.2) is 0 Å². The van der Waals surface area contributed by atoms with E-state index >= 15 is 0 Å². The van der Waals surface area contributed by atoms with E-state index in [4.69, 9.17) is 17.0 Å². The summed E-state index contributed by atoms with van der Waals surface area (Å²) < 4.78 is 5.77. The third-order valence-corrected chi connectivity index (χ3v) is 3.60. The Bertz CT molecular complexity index is 613. The number of nitrogens with one attached hydrogen (secondary N) is 1. The predicted molar refractivity (Wildman–Crippen MR) is 85.3 cm³/mol. The minimum absolute atomic E-state index is 0.106. The molecule has 0 spiro atoms. The van der Waals surface area contributed by atoms with Crippen LogP contribution in [0.4, 0.5) is 4.79 Å². The van der Waals surface area contributed by atoms with Gasteiger partial charge in [0.05, 0.1) is 5.56 Å². The molecule has 1 aliphatic rings. The average Bonchev–Trinajstić information content (AvgIpc) is 2.45. The largest absolute Gasteiger partial charge is 0.444 e. The van der Waals surface area contributed by atoms with E-state index < -0.39 is 5.60 Å². The maximum atomic E-state index is 12.4. The van der Waals surface area contributed by atoms with E-state index in [-0.39, 0.29) is 12.0 Å². The number of hydrogen-bond donors (Lipinski definition) is 1. The zero-order chi connectivity index (χ0) is 16.3. The van der Waals surface area contributed by atoms with Gasteiger partial charge in [0.2, 0.25) is 0 Å². The Labute approximate surface area is 135 Å². The first-order valence-corrected chi connectivity index (χ1v) is 7.64. The van der Waals surface area contributed by atoms with Gasteiger partial charge in [0.25, 0.3) is 5.91 Å². The quantitative estimate of drug-likeness (QED) is 0.806. The van der Waals surface area contributed by atoms with Crippen LogP contribution in [0.25, 0.3) is 0 Å². The minimum atomic E-state index is -0.513. The van der Waals surface area contributed by atoms with Crippen molar-refractivity contribution in [3.05, 3.63) is 28.5 Å². The summed E-state index contributed by atoms with van der Waals surface area (Å²) in [5.74, 6) is -0.106. The lowest BCUT2D eigenvalue weighted by Gasteiger charge is -2.35. The van der Waals surface area contributed by atoms with Crippen LogP contribution in [0, 0.1) is 4.64 Å². The molecular weight excluding hydrogens is 302 g/mol. The van der Waals surface area contributed by atoms with Crippen molar-refractivity contribution in [1.29, 1.82) is 0 Å². The molecule has 0 unspecified atom stereocenters. The molecule has 1 saturated heterocycles. The van der Waals surface area contributed by atoms with Crippen molar-refractivity contribution >= 4 is 24.2 Å². The van der Waals surface area contributed by atoms with Gasteiger partial charge in [-0.1, -0.05) is 12.2 Å². The molecule has 0 bridgehead atoms. The summed E-state index contributed by atoms with van der Waals surface area (Å²) in [5, 5.41) is 0. The third kappa shape index (κ3) is 4.07. The summed E-state index contributed by atoms with van der Waals surface area (Å²) in [6.45, 7) is 7.38. The molecule has 22 heavy (non-hydrogen) atoms. The highest BCUT2D eigenvalue weighted by molar-refractivity contribution is 7.71. The van der Waals surface area contributed by atoms with E-state index in [0.29, 0.717) is 36.4 Å². The summed E-state index contributed by atoms with van der Waals surface area (Å²) in [6.07, 6.45) is 1.36. The lowest BCUT2D eigenvalue weighted by molar-refractivity contribution is 0.0140. The highest BCUT2D eigenvalue weighted by atomic mass is 32.1. The Kier molecular flexibility index (Phi) is 4.85. The molecule has 2 amide bonds.